The van der Waals surface area contributed by atoms with E-state index in [0.717, 1.165) is 11.1 Å². The lowest BCUT2D eigenvalue weighted by atomic mass is 10.2. The molecule has 0 amide bonds. The van der Waals surface area contributed by atoms with Crippen LogP contribution in [0.1, 0.15) is 11.1 Å². The molecule has 0 aliphatic rings. The van der Waals surface area contributed by atoms with Gasteiger partial charge < -0.3 is 10.5 Å². The van der Waals surface area contributed by atoms with Gasteiger partial charge in [-0.3, -0.25) is 0 Å². The first-order valence-corrected chi connectivity index (χ1v) is 6.05. The van der Waals surface area contributed by atoms with E-state index in [1.54, 1.807) is 30.5 Å². The Morgan fingerprint density at radius 1 is 1.33 bits per heavy atom. The number of benzene rings is 1. The van der Waals surface area contributed by atoms with Crippen LogP contribution in [0.25, 0.3) is 0 Å². The van der Waals surface area contributed by atoms with E-state index >= 15 is 0 Å². The average molecular weight is 279 g/mol. The molecule has 5 heteroatoms. The zero-order chi connectivity index (χ0) is 13.1. The van der Waals surface area contributed by atoms with Crippen molar-refractivity contribution in [2.75, 3.05) is 0 Å². The maximum absolute atomic E-state index is 5.95. The molecule has 2 N–H and O–H groups in total. The fourth-order valence-corrected chi connectivity index (χ4v) is 1.66. The molecule has 0 radical (unpaired) electrons. The second-order valence-electron chi connectivity index (χ2n) is 3.76. The van der Waals surface area contributed by atoms with Crippen molar-refractivity contribution in [3.63, 3.8) is 0 Å². The van der Waals surface area contributed by atoms with Gasteiger partial charge in [0.1, 0.15) is 10.7 Å². The number of hydrogen-bond acceptors (Lipinski definition) is 3. The molecule has 0 saturated heterocycles. The van der Waals surface area contributed by atoms with E-state index in [9.17, 15) is 0 Å². The van der Waals surface area contributed by atoms with E-state index in [1.165, 1.54) is 0 Å². The molecule has 0 unspecified atom stereocenters. The van der Waals surface area contributed by atoms with Crippen molar-refractivity contribution in [3.05, 3.63) is 52.7 Å². The van der Waals surface area contributed by atoms with E-state index in [2.05, 4.69) is 4.98 Å². The van der Waals surface area contributed by atoms with Crippen molar-refractivity contribution in [1.82, 2.24) is 4.98 Å². The second-order valence-corrected chi connectivity index (χ2v) is 4.61. The normalized spacial score (nSPS) is 10.1. The van der Waals surface area contributed by atoms with Gasteiger partial charge in [-0.1, -0.05) is 23.8 Å². The van der Waals surface area contributed by atoms with Crippen molar-refractivity contribution in [3.8, 4) is 11.6 Å². The Morgan fingerprint density at radius 2 is 2.11 bits per heavy atom. The maximum atomic E-state index is 5.95. The minimum absolute atomic E-state index is 0.314. The molecule has 1 aromatic carbocycles. The summed E-state index contributed by atoms with van der Waals surface area (Å²) in [6.45, 7) is 1.91. The molecule has 92 valence electrons. The number of ether oxygens (including phenoxy) is 1. The molecule has 2 rings (SSSR count). The van der Waals surface area contributed by atoms with Gasteiger partial charge in [-0.15, -0.1) is 0 Å². The van der Waals surface area contributed by atoms with Crippen molar-refractivity contribution in [2.45, 2.75) is 6.92 Å². The number of thiocarbonyl (C=S) groups is 1. The lowest BCUT2D eigenvalue weighted by Crippen LogP contribution is -2.09. The number of halogens is 1. The van der Waals surface area contributed by atoms with Crippen LogP contribution in [0.4, 0.5) is 0 Å². The number of rotatable bonds is 3. The van der Waals surface area contributed by atoms with Gasteiger partial charge in [0.05, 0.1) is 0 Å². The molecule has 0 aliphatic heterocycles. The fraction of sp³-hybridized carbons (Fsp3) is 0.0769. The van der Waals surface area contributed by atoms with Crippen molar-refractivity contribution in [1.29, 1.82) is 0 Å². The van der Waals surface area contributed by atoms with Crippen molar-refractivity contribution in [2.24, 2.45) is 5.73 Å². The van der Waals surface area contributed by atoms with Gasteiger partial charge in [-0.25, -0.2) is 4.98 Å². The molecule has 2 aromatic rings. The van der Waals surface area contributed by atoms with Gasteiger partial charge in [0, 0.05) is 22.8 Å². The quantitative estimate of drug-likeness (QED) is 0.874. The highest BCUT2D eigenvalue weighted by Crippen LogP contribution is 2.25. The molecular formula is C13H11ClN2OS. The third-order valence-corrected chi connectivity index (χ3v) is 3.03. The lowest BCUT2D eigenvalue weighted by Gasteiger charge is -2.07. The highest BCUT2D eigenvalue weighted by Gasteiger charge is 2.03. The molecule has 0 atom stereocenters. The van der Waals surface area contributed by atoms with Crippen LogP contribution in [-0.2, 0) is 0 Å². The largest absolute Gasteiger partial charge is 0.439 e. The fourth-order valence-electron chi connectivity index (χ4n) is 1.42. The first-order valence-electron chi connectivity index (χ1n) is 5.26. The predicted molar refractivity (Wildman–Crippen MR) is 76.4 cm³/mol. The van der Waals surface area contributed by atoms with E-state index < -0.39 is 0 Å². The lowest BCUT2D eigenvalue weighted by molar-refractivity contribution is 0.462. The van der Waals surface area contributed by atoms with E-state index in [4.69, 9.17) is 34.3 Å². The Balaban J connectivity index is 2.25. The zero-order valence-electron chi connectivity index (χ0n) is 9.68. The van der Waals surface area contributed by atoms with E-state index in [1.807, 2.05) is 13.0 Å². The molecule has 0 bridgehead atoms. The summed E-state index contributed by atoms with van der Waals surface area (Å²) >= 11 is 10.8. The molecular weight excluding hydrogens is 268 g/mol. The second kappa shape index (κ2) is 5.33. The monoisotopic (exact) mass is 278 g/mol. The van der Waals surface area contributed by atoms with Gasteiger partial charge in [-0.2, -0.15) is 0 Å². The first-order chi connectivity index (χ1) is 8.56. The van der Waals surface area contributed by atoms with Crippen LogP contribution >= 0.6 is 23.8 Å². The highest BCUT2D eigenvalue weighted by atomic mass is 35.5. The van der Waals surface area contributed by atoms with Gasteiger partial charge in [0.2, 0.25) is 5.88 Å². The number of pyridine rings is 1. The molecule has 18 heavy (non-hydrogen) atoms. The average Bonchev–Trinajstić information content (AvgIpc) is 2.34. The van der Waals surface area contributed by atoms with Gasteiger partial charge in [0.25, 0.3) is 0 Å². The zero-order valence-corrected chi connectivity index (χ0v) is 11.3. The van der Waals surface area contributed by atoms with Crippen LogP contribution in [-0.4, -0.2) is 9.97 Å². The van der Waals surface area contributed by atoms with Gasteiger partial charge in [-0.05, 0) is 36.8 Å². The van der Waals surface area contributed by atoms with Crippen LogP contribution in [0, 0.1) is 6.92 Å². The molecule has 0 fully saturated rings. The summed E-state index contributed by atoms with van der Waals surface area (Å²) in [6, 6.07) is 8.85. The molecule has 3 nitrogen and oxygen atoms in total. The smallest absolute Gasteiger partial charge is 0.219 e. The Bertz CT molecular complexity index is 601. The molecule has 1 heterocycles. The summed E-state index contributed by atoms with van der Waals surface area (Å²) in [4.78, 5) is 4.41. The highest BCUT2D eigenvalue weighted by molar-refractivity contribution is 7.80. The Morgan fingerprint density at radius 3 is 2.78 bits per heavy atom. The predicted octanol–water partition coefficient (Wildman–Crippen LogP) is 3.47. The summed E-state index contributed by atoms with van der Waals surface area (Å²) in [5.41, 5.74) is 7.22. The minimum atomic E-state index is 0.314. The number of aromatic nitrogens is 1. The first kappa shape index (κ1) is 12.8. The summed E-state index contributed by atoms with van der Waals surface area (Å²) < 4.78 is 5.62. The number of nitrogens with two attached hydrogens (primary N) is 1. The molecule has 0 aliphatic carbocycles. The summed E-state index contributed by atoms with van der Waals surface area (Å²) in [5, 5.41) is 0.701. The SMILES string of the molecule is Cc1cc(Oc2cc(C(N)=S)ccn2)ccc1Cl. The summed E-state index contributed by atoms with van der Waals surface area (Å²) in [5.74, 6) is 1.12. The Labute approximate surface area is 116 Å². The van der Waals surface area contributed by atoms with Crippen LogP contribution < -0.4 is 10.5 Å². The number of hydrogen-bond donors (Lipinski definition) is 1. The summed E-state index contributed by atoms with van der Waals surface area (Å²) in [7, 11) is 0. The van der Waals surface area contributed by atoms with Crippen LogP contribution in [0.2, 0.25) is 5.02 Å². The molecule has 1 aromatic heterocycles. The minimum Gasteiger partial charge on any atom is -0.439 e. The Kier molecular flexibility index (Phi) is 3.79. The number of nitrogens with zero attached hydrogens (tertiary/aromatic N) is 1. The molecule has 0 spiro atoms. The third-order valence-electron chi connectivity index (χ3n) is 2.37. The van der Waals surface area contributed by atoms with Crippen LogP contribution in [0.15, 0.2) is 36.5 Å². The van der Waals surface area contributed by atoms with Crippen molar-refractivity contribution >= 4 is 28.8 Å². The standard InChI is InChI=1S/C13H11ClN2OS/c1-8-6-10(2-3-11(8)14)17-12-7-9(13(15)18)4-5-16-12/h2-7H,1H3,(H2,15,18). The van der Waals surface area contributed by atoms with Crippen molar-refractivity contribution < 1.29 is 4.74 Å². The van der Waals surface area contributed by atoms with Gasteiger partial charge in [0.15, 0.2) is 0 Å². The summed E-state index contributed by atoms with van der Waals surface area (Å²) in [6.07, 6.45) is 1.60. The molecule has 0 saturated carbocycles. The van der Waals surface area contributed by atoms with E-state index in [-0.39, 0.29) is 0 Å². The van der Waals surface area contributed by atoms with Gasteiger partial charge >= 0.3 is 0 Å². The third kappa shape index (κ3) is 2.97. The topological polar surface area (TPSA) is 48.1 Å². The van der Waals surface area contributed by atoms with Crippen LogP contribution in [0.5, 0.6) is 11.6 Å². The number of aryl methyl sites for hydroxylation is 1. The van der Waals surface area contributed by atoms with E-state index in [0.29, 0.717) is 21.6 Å². The Hall–Kier alpha value is -1.65. The maximum Gasteiger partial charge on any atom is 0.219 e. The van der Waals surface area contributed by atoms with Crippen LogP contribution in [0.3, 0.4) is 0 Å².